The molecule has 0 aliphatic heterocycles. The van der Waals surface area contributed by atoms with Crippen molar-refractivity contribution in [2.75, 3.05) is 6.61 Å². The van der Waals surface area contributed by atoms with Gasteiger partial charge >= 0.3 is 12.1 Å². The third kappa shape index (κ3) is 4.13. The third-order valence-corrected chi connectivity index (χ3v) is 5.94. The quantitative estimate of drug-likeness (QED) is 0.363. The minimum Gasteiger partial charge on any atom is -0.462 e. The Hall–Kier alpha value is -2.85. The van der Waals surface area contributed by atoms with Crippen LogP contribution in [0.1, 0.15) is 48.8 Å². The van der Waals surface area contributed by atoms with Gasteiger partial charge in [-0.15, -0.1) is 0 Å². The van der Waals surface area contributed by atoms with E-state index in [0.717, 1.165) is 16.9 Å². The molecular weight excluding hydrogens is 466 g/mol. The van der Waals surface area contributed by atoms with Crippen molar-refractivity contribution < 1.29 is 32.2 Å². The molecule has 11 heteroatoms. The van der Waals surface area contributed by atoms with Crippen molar-refractivity contribution in [2.45, 2.75) is 44.5 Å². The van der Waals surface area contributed by atoms with Gasteiger partial charge in [0.25, 0.3) is 0 Å². The minimum absolute atomic E-state index is 0.0189. The number of nitrogens with zero attached hydrogens (tertiary/aromatic N) is 2. The maximum absolute atomic E-state index is 14.6. The van der Waals surface area contributed by atoms with Gasteiger partial charge in [0.2, 0.25) is 0 Å². The number of H-pyrrole nitrogens is 1. The summed E-state index contributed by atoms with van der Waals surface area (Å²) in [6, 6.07) is 3.25. The van der Waals surface area contributed by atoms with Gasteiger partial charge in [0, 0.05) is 22.9 Å². The first-order valence-corrected chi connectivity index (χ1v) is 10.5. The number of aromatic nitrogens is 3. The Kier molecular flexibility index (Phi) is 5.78. The highest BCUT2D eigenvalue weighted by Gasteiger charge is 2.47. The van der Waals surface area contributed by atoms with E-state index in [1.54, 1.807) is 6.92 Å². The topological polar surface area (TPSA) is 80.1 Å². The van der Waals surface area contributed by atoms with Crippen LogP contribution in [-0.2, 0) is 10.9 Å². The van der Waals surface area contributed by atoms with Crippen LogP contribution in [0.3, 0.4) is 0 Å². The van der Waals surface area contributed by atoms with E-state index in [9.17, 15) is 27.5 Å². The highest BCUT2D eigenvalue weighted by atomic mass is 35.5. The molecular formula is C22H20ClF4N3O3. The Balaban J connectivity index is 1.93. The molecule has 0 unspecified atom stereocenters. The van der Waals surface area contributed by atoms with E-state index in [-0.39, 0.29) is 46.9 Å². The highest BCUT2D eigenvalue weighted by molar-refractivity contribution is 6.33. The van der Waals surface area contributed by atoms with E-state index in [2.05, 4.69) is 10.1 Å². The summed E-state index contributed by atoms with van der Waals surface area (Å²) in [5, 5.41) is 13.9. The minimum atomic E-state index is -4.82. The molecule has 1 aromatic carbocycles. The molecule has 2 heterocycles. The summed E-state index contributed by atoms with van der Waals surface area (Å²) in [7, 11) is 0. The first-order chi connectivity index (χ1) is 15.4. The Morgan fingerprint density at radius 2 is 2.06 bits per heavy atom. The molecule has 1 aliphatic carbocycles. The molecule has 1 saturated carbocycles. The number of halogens is 5. The normalized spacial score (nSPS) is 20.5. The zero-order chi connectivity index (χ0) is 24.1. The van der Waals surface area contributed by atoms with E-state index in [1.165, 1.54) is 25.3 Å². The summed E-state index contributed by atoms with van der Waals surface area (Å²) in [4.78, 5) is 15.5. The number of hydrogen-bond donors (Lipinski definition) is 2. The van der Waals surface area contributed by atoms with Crippen LogP contribution in [0.5, 0.6) is 0 Å². The number of aliphatic hydroxyl groups is 1. The predicted octanol–water partition coefficient (Wildman–Crippen LogP) is 5.62. The van der Waals surface area contributed by atoms with Crippen LogP contribution in [0.25, 0.3) is 22.4 Å². The van der Waals surface area contributed by atoms with Crippen molar-refractivity contribution in [3.63, 3.8) is 0 Å². The molecule has 0 atom stereocenters. The Morgan fingerprint density at radius 3 is 2.64 bits per heavy atom. The van der Waals surface area contributed by atoms with Gasteiger partial charge in [0.1, 0.15) is 5.82 Å². The van der Waals surface area contributed by atoms with Crippen LogP contribution >= 0.6 is 11.6 Å². The molecule has 1 fully saturated rings. The zero-order valence-corrected chi connectivity index (χ0v) is 18.4. The van der Waals surface area contributed by atoms with Gasteiger partial charge in [-0.25, -0.2) is 9.18 Å². The maximum atomic E-state index is 14.6. The van der Waals surface area contributed by atoms with Gasteiger partial charge in [-0.1, -0.05) is 17.7 Å². The van der Waals surface area contributed by atoms with Gasteiger partial charge in [-0.2, -0.15) is 18.3 Å². The standard InChI is InChI=1S/C22H20ClF4N3O3/c1-3-33-20(31)17-12(16-14(23)5-4-6-15(16)24)9-28-18(17)13-10-29-30(19(13)22(25,26)27)11-7-21(2,32)8-11/h4-6,9-11,28,32H,3,7-8H2,1-2H3. The van der Waals surface area contributed by atoms with Crippen molar-refractivity contribution in [3.8, 4) is 22.4 Å². The number of aromatic amines is 1. The van der Waals surface area contributed by atoms with Crippen LogP contribution in [0.15, 0.2) is 30.6 Å². The van der Waals surface area contributed by atoms with Gasteiger partial charge in [-0.3, -0.25) is 4.68 Å². The summed E-state index contributed by atoms with van der Waals surface area (Å²) in [5.74, 6) is -1.68. The van der Waals surface area contributed by atoms with E-state index in [0.29, 0.717) is 0 Å². The lowest BCUT2D eigenvalue weighted by Gasteiger charge is -2.41. The number of esters is 1. The van der Waals surface area contributed by atoms with Crippen LogP contribution in [-0.4, -0.2) is 38.0 Å². The second kappa shape index (κ2) is 8.18. The lowest BCUT2D eigenvalue weighted by atomic mass is 9.77. The summed E-state index contributed by atoms with van der Waals surface area (Å²) in [6.07, 6.45) is -2.40. The molecule has 0 amide bonds. The summed E-state index contributed by atoms with van der Waals surface area (Å²) in [5.41, 5.74) is -3.21. The van der Waals surface area contributed by atoms with E-state index >= 15 is 0 Å². The molecule has 176 valence electrons. The van der Waals surface area contributed by atoms with Crippen molar-refractivity contribution in [1.82, 2.24) is 14.8 Å². The lowest BCUT2D eigenvalue weighted by molar-refractivity contribution is -0.148. The fourth-order valence-corrected chi connectivity index (χ4v) is 4.50. The Labute approximate surface area is 191 Å². The van der Waals surface area contributed by atoms with E-state index in [1.807, 2.05) is 0 Å². The monoisotopic (exact) mass is 485 g/mol. The number of nitrogens with one attached hydrogen (secondary N) is 1. The average molecular weight is 486 g/mol. The largest absolute Gasteiger partial charge is 0.462 e. The van der Waals surface area contributed by atoms with Gasteiger partial charge in [0.05, 0.1) is 40.7 Å². The molecule has 6 nitrogen and oxygen atoms in total. The molecule has 4 rings (SSSR count). The van der Waals surface area contributed by atoms with Gasteiger partial charge in [-0.05, 0) is 38.8 Å². The van der Waals surface area contributed by atoms with E-state index < -0.39 is 40.9 Å². The summed E-state index contributed by atoms with van der Waals surface area (Å²) >= 11 is 6.15. The SMILES string of the molecule is CCOC(=O)c1c(-c2c(F)cccc2Cl)c[nH]c1-c1cnn(C2CC(C)(O)C2)c1C(F)(F)F. The summed E-state index contributed by atoms with van der Waals surface area (Å²) < 4.78 is 62.9. The second-order valence-corrected chi connectivity index (χ2v) is 8.58. The van der Waals surface area contributed by atoms with Crippen LogP contribution in [0.2, 0.25) is 5.02 Å². The molecule has 2 aromatic heterocycles. The Bertz CT molecular complexity index is 1190. The van der Waals surface area contributed by atoms with Gasteiger partial charge < -0.3 is 14.8 Å². The molecule has 3 aromatic rings. The van der Waals surface area contributed by atoms with E-state index in [4.69, 9.17) is 16.3 Å². The van der Waals surface area contributed by atoms with Crippen LogP contribution < -0.4 is 0 Å². The first kappa shape index (κ1) is 23.3. The first-order valence-electron chi connectivity index (χ1n) is 10.1. The number of benzene rings is 1. The summed E-state index contributed by atoms with van der Waals surface area (Å²) in [6.45, 7) is 3.04. The highest BCUT2D eigenvalue weighted by Crippen LogP contribution is 2.47. The fourth-order valence-electron chi connectivity index (χ4n) is 4.24. The molecule has 0 bridgehead atoms. The number of ether oxygens (including phenoxy) is 1. The number of carbonyl (C=O) groups excluding carboxylic acids is 1. The maximum Gasteiger partial charge on any atom is 0.433 e. The van der Waals surface area contributed by atoms with Crippen molar-refractivity contribution >= 4 is 17.6 Å². The molecule has 33 heavy (non-hydrogen) atoms. The molecule has 0 spiro atoms. The second-order valence-electron chi connectivity index (χ2n) is 8.18. The van der Waals surface area contributed by atoms with Crippen molar-refractivity contribution in [3.05, 3.63) is 52.7 Å². The number of alkyl halides is 3. The molecule has 0 radical (unpaired) electrons. The van der Waals surface area contributed by atoms with Crippen LogP contribution in [0.4, 0.5) is 17.6 Å². The molecule has 0 saturated heterocycles. The fraction of sp³-hybridized carbons (Fsp3) is 0.364. The Morgan fingerprint density at radius 1 is 1.36 bits per heavy atom. The van der Waals surface area contributed by atoms with Crippen molar-refractivity contribution in [2.24, 2.45) is 0 Å². The third-order valence-electron chi connectivity index (χ3n) is 5.62. The average Bonchev–Trinajstić information content (AvgIpc) is 3.30. The zero-order valence-electron chi connectivity index (χ0n) is 17.6. The van der Waals surface area contributed by atoms with Crippen molar-refractivity contribution in [1.29, 1.82) is 0 Å². The molecule has 1 aliphatic rings. The smallest absolute Gasteiger partial charge is 0.433 e. The van der Waals surface area contributed by atoms with Crippen LogP contribution in [0, 0.1) is 5.82 Å². The lowest BCUT2D eigenvalue weighted by Crippen LogP contribution is -2.43. The molecule has 2 N–H and O–H groups in total. The van der Waals surface area contributed by atoms with Gasteiger partial charge in [0.15, 0.2) is 5.69 Å². The number of carbonyl (C=O) groups is 1. The number of rotatable bonds is 5. The predicted molar refractivity (Wildman–Crippen MR) is 112 cm³/mol. The number of hydrogen-bond acceptors (Lipinski definition) is 4.